The number of nitrogens with zero attached hydrogens (tertiary/aromatic N) is 2. The van der Waals surface area contributed by atoms with E-state index in [9.17, 15) is 5.11 Å². The molecule has 1 atom stereocenters. The topological polar surface area (TPSA) is 59.3 Å². The smallest absolute Gasteiger partial charge is 0.0945 e. The predicted octanol–water partition coefficient (Wildman–Crippen LogP) is 1.96. The van der Waals surface area contributed by atoms with E-state index in [0.29, 0.717) is 19.3 Å². The van der Waals surface area contributed by atoms with Crippen molar-refractivity contribution < 1.29 is 9.84 Å². The maximum atomic E-state index is 9.89. The Bertz CT molecular complexity index is 350. The number of aromatic nitrogens is 2. The first-order valence-corrected chi connectivity index (χ1v) is 8.31. The summed E-state index contributed by atoms with van der Waals surface area (Å²) in [5, 5.41) is 13.2. The summed E-state index contributed by atoms with van der Waals surface area (Å²) < 4.78 is 7.86. The van der Waals surface area contributed by atoms with Gasteiger partial charge in [0.2, 0.25) is 0 Å². The number of aliphatic hydroxyl groups excluding tert-OH is 1. The zero-order valence-corrected chi connectivity index (χ0v) is 12.9. The van der Waals surface area contributed by atoms with Gasteiger partial charge in [-0.2, -0.15) is 0 Å². The van der Waals surface area contributed by atoms with Crippen LogP contribution < -0.4 is 5.32 Å². The third-order valence-corrected chi connectivity index (χ3v) is 4.04. The largest absolute Gasteiger partial charge is 0.389 e. The van der Waals surface area contributed by atoms with Crippen molar-refractivity contribution in [1.82, 2.24) is 14.9 Å². The van der Waals surface area contributed by atoms with E-state index in [1.807, 2.05) is 12.5 Å². The van der Waals surface area contributed by atoms with E-state index in [1.165, 1.54) is 19.3 Å². The second-order valence-electron chi connectivity index (χ2n) is 5.96. The van der Waals surface area contributed by atoms with Crippen molar-refractivity contribution >= 4 is 0 Å². The third kappa shape index (κ3) is 7.07. The van der Waals surface area contributed by atoms with Crippen LogP contribution in [0.2, 0.25) is 0 Å². The van der Waals surface area contributed by atoms with Crippen LogP contribution in [0.3, 0.4) is 0 Å². The van der Waals surface area contributed by atoms with Gasteiger partial charge in [-0.05, 0) is 32.2 Å². The molecule has 5 nitrogen and oxygen atoms in total. The van der Waals surface area contributed by atoms with Crippen LogP contribution in [0.1, 0.15) is 44.9 Å². The van der Waals surface area contributed by atoms with Gasteiger partial charge in [-0.1, -0.05) is 19.3 Å². The van der Waals surface area contributed by atoms with Crippen molar-refractivity contribution in [3.63, 3.8) is 0 Å². The summed E-state index contributed by atoms with van der Waals surface area (Å²) in [7, 11) is 0. The van der Waals surface area contributed by atoms with E-state index < -0.39 is 0 Å². The van der Waals surface area contributed by atoms with Gasteiger partial charge >= 0.3 is 0 Å². The fourth-order valence-corrected chi connectivity index (χ4v) is 2.77. The third-order valence-electron chi connectivity index (χ3n) is 4.04. The normalized spacial score (nSPS) is 18.0. The molecule has 1 unspecified atom stereocenters. The lowest BCUT2D eigenvalue weighted by molar-refractivity contribution is -0.0229. The standard InChI is InChI=1S/C16H29N3O2/c20-15(13-21-16-6-2-1-3-7-16)12-17-8-4-5-10-19-11-9-18-14-19/h9,11,14-17,20H,1-8,10,12-13H2. The highest BCUT2D eigenvalue weighted by Gasteiger charge is 2.15. The maximum Gasteiger partial charge on any atom is 0.0945 e. The fraction of sp³-hybridized carbons (Fsp3) is 0.812. The highest BCUT2D eigenvalue weighted by Crippen LogP contribution is 2.20. The summed E-state index contributed by atoms with van der Waals surface area (Å²) in [6.45, 7) is 3.04. The number of hydrogen-bond acceptors (Lipinski definition) is 4. The summed E-state index contributed by atoms with van der Waals surface area (Å²) in [6.07, 6.45) is 14.1. The molecule has 0 spiro atoms. The van der Waals surface area contributed by atoms with Crippen LogP contribution in [-0.4, -0.2) is 46.6 Å². The summed E-state index contributed by atoms with van der Waals surface area (Å²) in [5.74, 6) is 0. The molecular weight excluding hydrogens is 266 g/mol. The molecule has 120 valence electrons. The lowest BCUT2D eigenvalue weighted by Gasteiger charge is -2.23. The van der Waals surface area contributed by atoms with Gasteiger partial charge in [0.25, 0.3) is 0 Å². The molecule has 2 rings (SSSR count). The van der Waals surface area contributed by atoms with Crippen molar-refractivity contribution in [1.29, 1.82) is 0 Å². The van der Waals surface area contributed by atoms with Gasteiger partial charge in [0.05, 0.1) is 25.1 Å². The van der Waals surface area contributed by atoms with Crippen molar-refractivity contribution in [2.45, 2.75) is 63.7 Å². The molecule has 0 aliphatic heterocycles. The molecule has 0 amide bonds. The minimum Gasteiger partial charge on any atom is -0.389 e. The number of rotatable bonds is 10. The molecule has 0 saturated heterocycles. The molecule has 5 heteroatoms. The molecule has 1 saturated carbocycles. The average Bonchev–Trinajstić information content (AvgIpc) is 3.03. The van der Waals surface area contributed by atoms with Crippen molar-refractivity contribution in [2.75, 3.05) is 19.7 Å². The van der Waals surface area contributed by atoms with Gasteiger partial charge in [-0.25, -0.2) is 4.98 Å². The Hall–Kier alpha value is -0.910. The minimum absolute atomic E-state index is 0.378. The number of hydrogen-bond donors (Lipinski definition) is 2. The zero-order valence-electron chi connectivity index (χ0n) is 12.9. The first-order chi connectivity index (χ1) is 10.3. The van der Waals surface area contributed by atoms with Crippen LogP contribution >= 0.6 is 0 Å². The lowest BCUT2D eigenvalue weighted by atomic mass is 9.98. The van der Waals surface area contributed by atoms with E-state index in [4.69, 9.17) is 4.74 Å². The highest BCUT2D eigenvalue weighted by molar-refractivity contribution is 4.73. The fourth-order valence-electron chi connectivity index (χ4n) is 2.77. The summed E-state index contributed by atoms with van der Waals surface area (Å²) in [4.78, 5) is 4.02. The van der Waals surface area contributed by atoms with Gasteiger partial charge < -0.3 is 19.7 Å². The first-order valence-electron chi connectivity index (χ1n) is 8.31. The van der Waals surface area contributed by atoms with Crippen molar-refractivity contribution in [2.24, 2.45) is 0 Å². The van der Waals surface area contributed by atoms with E-state index in [1.54, 1.807) is 6.20 Å². The number of imidazole rings is 1. The predicted molar refractivity (Wildman–Crippen MR) is 83.2 cm³/mol. The molecule has 1 aliphatic rings. The van der Waals surface area contributed by atoms with Crippen LogP contribution in [0.5, 0.6) is 0 Å². The molecule has 0 bridgehead atoms. The Morgan fingerprint density at radius 3 is 2.90 bits per heavy atom. The zero-order chi connectivity index (χ0) is 14.8. The molecule has 1 aromatic heterocycles. The van der Waals surface area contributed by atoms with Crippen LogP contribution in [-0.2, 0) is 11.3 Å². The van der Waals surface area contributed by atoms with E-state index in [2.05, 4.69) is 14.9 Å². The Labute approximate surface area is 127 Å². The number of unbranched alkanes of at least 4 members (excludes halogenated alkanes) is 1. The molecule has 21 heavy (non-hydrogen) atoms. The van der Waals surface area contributed by atoms with Crippen LogP contribution in [0, 0.1) is 0 Å². The number of nitrogens with one attached hydrogen (secondary N) is 1. The van der Waals surface area contributed by atoms with E-state index in [0.717, 1.165) is 38.8 Å². The molecule has 1 aromatic rings. The Morgan fingerprint density at radius 1 is 1.29 bits per heavy atom. The second-order valence-corrected chi connectivity index (χ2v) is 5.96. The quantitative estimate of drug-likeness (QED) is 0.648. The second kappa shape index (κ2) is 9.92. The highest BCUT2D eigenvalue weighted by atomic mass is 16.5. The molecule has 1 heterocycles. The monoisotopic (exact) mass is 295 g/mol. The molecule has 2 N–H and O–H groups in total. The number of aliphatic hydroxyl groups is 1. The Balaban J connectivity index is 1.41. The summed E-state index contributed by atoms with van der Waals surface area (Å²) >= 11 is 0. The Kier molecular flexibility index (Phi) is 7.78. The van der Waals surface area contributed by atoms with Gasteiger partial charge in [-0.3, -0.25) is 0 Å². The van der Waals surface area contributed by atoms with Gasteiger partial charge in [0.1, 0.15) is 0 Å². The van der Waals surface area contributed by atoms with Gasteiger partial charge in [0.15, 0.2) is 0 Å². The average molecular weight is 295 g/mol. The van der Waals surface area contributed by atoms with Gasteiger partial charge in [0, 0.05) is 25.5 Å². The molecule has 0 radical (unpaired) electrons. The first kappa shape index (κ1) is 16.5. The maximum absolute atomic E-state index is 9.89. The van der Waals surface area contributed by atoms with Crippen LogP contribution in [0.4, 0.5) is 0 Å². The van der Waals surface area contributed by atoms with E-state index in [-0.39, 0.29) is 6.10 Å². The minimum atomic E-state index is -0.388. The number of aryl methyl sites for hydroxylation is 1. The molecular formula is C16H29N3O2. The number of ether oxygens (including phenoxy) is 1. The van der Waals surface area contributed by atoms with E-state index >= 15 is 0 Å². The van der Waals surface area contributed by atoms with Crippen LogP contribution in [0.15, 0.2) is 18.7 Å². The molecule has 1 aliphatic carbocycles. The van der Waals surface area contributed by atoms with Crippen molar-refractivity contribution in [3.05, 3.63) is 18.7 Å². The molecule has 0 aromatic carbocycles. The van der Waals surface area contributed by atoms with Gasteiger partial charge in [-0.15, -0.1) is 0 Å². The SMILES string of the molecule is OC(CNCCCCn1ccnc1)COC1CCCCC1. The van der Waals surface area contributed by atoms with Crippen molar-refractivity contribution in [3.8, 4) is 0 Å². The Morgan fingerprint density at radius 2 is 2.14 bits per heavy atom. The van der Waals surface area contributed by atoms with Crippen LogP contribution in [0.25, 0.3) is 0 Å². The summed E-state index contributed by atoms with van der Waals surface area (Å²) in [5.41, 5.74) is 0. The summed E-state index contributed by atoms with van der Waals surface area (Å²) in [6, 6.07) is 0. The lowest BCUT2D eigenvalue weighted by Crippen LogP contribution is -2.33. The molecule has 1 fully saturated rings.